The van der Waals surface area contributed by atoms with Gasteiger partial charge >= 0.3 is 0 Å². The van der Waals surface area contributed by atoms with E-state index in [9.17, 15) is 13.5 Å². The van der Waals surface area contributed by atoms with Crippen molar-refractivity contribution in [2.45, 2.75) is 32.6 Å². The van der Waals surface area contributed by atoms with Crippen molar-refractivity contribution in [3.05, 3.63) is 23.8 Å². The zero-order chi connectivity index (χ0) is 15.2. The van der Waals surface area contributed by atoms with Gasteiger partial charge in [0.1, 0.15) is 6.61 Å². The number of hydrogen-bond acceptors (Lipinski definition) is 5. The summed E-state index contributed by atoms with van der Waals surface area (Å²) >= 11 is 0. The van der Waals surface area contributed by atoms with Gasteiger partial charge in [0.2, 0.25) is 0 Å². The average Bonchev–Trinajstić information content (AvgIpc) is 2.40. The molecule has 0 aliphatic heterocycles. The van der Waals surface area contributed by atoms with E-state index in [0.717, 1.165) is 0 Å². The van der Waals surface area contributed by atoms with Gasteiger partial charge in [-0.05, 0) is 26.8 Å². The quantitative estimate of drug-likeness (QED) is 0.792. The van der Waals surface area contributed by atoms with E-state index >= 15 is 0 Å². The molecule has 0 atom stereocenters. The minimum atomic E-state index is -3.14. The van der Waals surface area contributed by atoms with Gasteiger partial charge in [-0.15, -0.1) is 0 Å². The zero-order valence-corrected chi connectivity index (χ0v) is 12.9. The molecule has 6 heteroatoms. The maximum absolute atomic E-state index is 11.7. The Morgan fingerprint density at radius 2 is 1.95 bits per heavy atom. The van der Waals surface area contributed by atoms with Crippen LogP contribution in [-0.4, -0.2) is 37.7 Å². The molecule has 0 aliphatic carbocycles. The van der Waals surface area contributed by atoms with Crippen molar-refractivity contribution in [2.75, 3.05) is 19.0 Å². The Morgan fingerprint density at radius 3 is 2.50 bits per heavy atom. The molecule has 1 N–H and O–H groups in total. The Morgan fingerprint density at radius 1 is 1.25 bits per heavy atom. The molecule has 1 aromatic rings. The normalized spacial score (nSPS) is 11.7. The molecule has 0 bridgehead atoms. The summed E-state index contributed by atoms with van der Waals surface area (Å²) in [5.74, 6) is 0.868. The van der Waals surface area contributed by atoms with Crippen molar-refractivity contribution in [2.24, 2.45) is 0 Å². The Hall–Kier alpha value is -1.27. The highest BCUT2D eigenvalue weighted by atomic mass is 32.2. The van der Waals surface area contributed by atoms with Crippen molar-refractivity contribution in [1.29, 1.82) is 0 Å². The molecular formula is C14H22O5S. The van der Waals surface area contributed by atoms with Gasteiger partial charge < -0.3 is 14.6 Å². The van der Waals surface area contributed by atoms with Crippen LogP contribution >= 0.6 is 0 Å². The number of rotatable bonds is 8. The molecule has 0 unspecified atom stereocenters. The molecule has 0 spiro atoms. The molecule has 0 radical (unpaired) electrons. The van der Waals surface area contributed by atoms with E-state index in [0.29, 0.717) is 23.7 Å². The van der Waals surface area contributed by atoms with Gasteiger partial charge in [0, 0.05) is 5.56 Å². The van der Waals surface area contributed by atoms with Crippen LogP contribution in [0, 0.1) is 0 Å². The third-order valence-electron chi connectivity index (χ3n) is 2.86. The summed E-state index contributed by atoms with van der Waals surface area (Å²) in [4.78, 5) is 0. The second-order valence-electron chi connectivity index (χ2n) is 4.60. The molecule has 0 saturated carbocycles. The van der Waals surface area contributed by atoms with E-state index in [1.165, 1.54) is 0 Å². The van der Waals surface area contributed by atoms with Gasteiger partial charge in [-0.1, -0.05) is 12.1 Å². The van der Waals surface area contributed by atoms with Crippen molar-refractivity contribution in [3.63, 3.8) is 0 Å². The highest BCUT2D eigenvalue weighted by Crippen LogP contribution is 2.31. The van der Waals surface area contributed by atoms with Crippen LogP contribution in [0.3, 0.4) is 0 Å². The predicted molar refractivity (Wildman–Crippen MR) is 78.0 cm³/mol. The van der Waals surface area contributed by atoms with E-state index in [1.807, 2.05) is 6.92 Å². The van der Waals surface area contributed by atoms with E-state index in [1.54, 1.807) is 32.0 Å². The summed E-state index contributed by atoms with van der Waals surface area (Å²) in [5, 5.41) is 8.88. The van der Waals surface area contributed by atoms with Crippen LogP contribution in [0.15, 0.2) is 18.2 Å². The molecule has 114 valence electrons. The van der Waals surface area contributed by atoms with E-state index in [2.05, 4.69) is 0 Å². The van der Waals surface area contributed by atoms with E-state index < -0.39 is 15.1 Å². The summed E-state index contributed by atoms with van der Waals surface area (Å²) in [5.41, 5.74) is 0.581. The molecule has 0 fully saturated rings. The maximum Gasteiger partial charge on any atom is 0.166 e. The van der Waals surface area contributed by atoms with Crippen LogP contribution in [0.5, 0.6) is 11.5 Å². The van der Waals surface area contributed by atoms with Crippen LogP contribution in [0.2, 0.25) is 0 Å². The van der Waals surface area contributed by atoms with Crippen LogP contribution in [0.4, 0.5) is 0 Å². The fourth-order valence-corrected chi connectivity index (χ4v) is 2.40. The summed E-state index contributed by atoms with van der Waals surface area (Å²) in [6, 6.07) is 5.21. The van der Waals surface area contributed by atoms with Crippen molar-refractivity contribution >= 4 is 9.84 Å². The van der Waals surface area contributed by atoms with Gasteiger partial charge in [0.05, 0.1) is 24.2 Å². The first-order valence-corrected chi connectivity index (χ1v) is 8.33. The van der Waals surface area contributed by atoms with Gasteiger partial charge in [0.15, 0.2) is 21.3 Å². The number of aliphatic hydroxyl groups excluding tert-OH is 1. The topological polar surface area (TPSA) is 72.8 Å². The molecule has 20 heavy (non-hydrogen) atoms. The van der Waals surface area contributed by atoms with Gasteiger partial charge in [-0.3, -0.25) is 0 Å². The first kappa shape index (κ1) is 16.8. The van der Waals surface area contributed by atoms with Crippen molar-refractivity contribution in [1.82, 2.24) is 0 Å². The lowest BCUT2D eigenvalue weighted by Crippen LogP contribution is -2.22. The molecule has 0 amide bonds. The number of hydrogen-bond donors (Lipinski definition) is 1. The summed E-state index contributed by atoms with van der Waals surface area (Å²) in [7, 11) is -3.14. The summed E-state index contributed by atoms with van der Waals surface area (Å²) < 4.78 is 34.4. The summed E-state index contributed by atoms with van der Waals surface area (Å²) in [6.07, 6.45) is 0. The van der Waals surface area contributed by atoms with Crippen LogP contribution < -0.4 is 9.47 Å². The van der Waals surface area contributed by atoms with Crippen LogP contribution in [0.1, 0.15) is 26.3 Å². The van der Waals surface area contributed by atoms with Crippen molar-refractivity contribution in [3.8, 4) is 11.5 Å². The smallest absolute Gasteiger partial charge is 0.166 e. The number of para-hydroxylation sites is 1. The zero-order valence-electron chi connectivity index (χ0n) is 12.1. The fourth-order valence-electron chi connectivity index (χ4n) is 1.61. The first-order chi connectivity index (χ1) is 9.42. The minimum Gasteiger partial charge on any atom is -0.490 e. The number of aliphatic hydroxyl groups is 1. The Balaban J connectivity index is 2.81. The molecule has 1 rings (SSSR count). The molecule has 0 saturated heterocycles. The average molecular weight is 302 g/mol. The Labute approximate surface area is 120 Å². The monoisotopic (exact) mass is 302 g/mol. The third kappa shape index (κ3) is 4.38. The summed E-state index contributed by atoms with van der Waals surface area (Å²) in [6.45, 7) is 5.45. The van der Waals surface area contributed by atoms with Gasteiger partial charge in [-0.25, -0.2) is 8.42 Å². The minimum absolute atomic E-state index is 0.0393. The van der Waals surface area contributed by atoms with E-state index in [4.69, 9.17) is 9.47 Å². The number of benzene rings is 1. The van der Waals surface area contributed by atoms with E-state index in [-0.39, 0.29) is 19.0 Å². The van der Waals surface area contributed by atoms with Crippen LogP contribution in [-0.2, 0) is 16.4 Å². The Bertz CT molecular complexity index is 522. The standard InChI is InChI=1S/C14H22O5S/c1-4-18-13-7-5-6-12(10-15)14(13)19-8-9-20(16,17)11(2)3/h5-7,11,15H,4,8-10H2,1-3H3. The predicted octanol–water partition coefficient (Wildman–Crippen LogP) is 1.78. The Kier molecular flexibility index (Phi) is 6.29. The second-order valence-corrected chi connectivity index (χ2v) is 7.28. The molecule has 0 aliphatic rings. The lowest BCUT2D eigenvalue weighted by molar-refractivity contribution is 0.254. The maximum atomic E-state index is 11.7. The number of ether oxygens (including phenoxy) is 2. The van der Waals surface area contributed by atoms with Gasteiger partial charge in [-0.2, -0.15) is 0 Å². The molecule has 5 nitrogen and oxygen atoms in total. The SMILES string of the molecule is CCOc1cccc(CO)c1OCCS(=O)(=O)C(C)C. The highest BCUT2D eigenvalue weighted by Gasteiger charge is 2.17. The molecule has 0 heterocycles. The van der Waals surface area contributed by atoms with Crippen LogP contribution in [0.25, 0.3) is 0 Å². The second kappa shape index (κ2) is 7.50. The highest BCUT2D eigenvalue weighted by molar-refractivity contribution is 7.91. The number of sulfone groups is 1. The molecule has 1 aromatic carbocycles. The van der Waals surface area contributed by atoms with Gasteiger partial charge in [0.25, 0.3) is 0 Å². The first-order valence-electron chi connectivity index (χ1n) is 6.62. The van der Waals surface area contributed by atoms with Crippen molar-refractivity contribution < 1.29 is 23.0 Å². The molecule has 0 aromatic heterocycles. The fraction of sp³-hybridized carbons (Fsp3) is 0.571. The largest absolute Gasteiger partial charge is 0.490 e. The lowest BCUT2D eigenvalue weighted by atomic mass is 10.2. The lowest BCUT2D eigenvalue weighted by Gasteiger charge is -2.15. The third-order valence-corrected chi connectivity index (χ3v) is 5.04. The molecular weight excluding hydrogens is 280 g/mol.